The number of aryl methyl sites for hydroxylation is 1. The topological polar surface area (TPSA) is 71.4 Å². The quantitative estimate of drug-likeness (QED) is 0.229. The molecule has 2 aromatic rings. The van der Waals surface area contributed by atoms with Crippen molar-refractivity contribution in [3.8, 4) is 0 Å². The highest BCUT2D eigenvalue weighted by atomic mass is 127. The van der Waals surface area contributed by atoms with Crippen molar-refractivity contribution in [2.45, 2.75) is 70.5 Å². The molecule has 1 unspecified atom stereocenters. The first-order chi connectivity index (χ1) is 15.8. The summed E-state index contributed by atoms with van der Waals surface area (Å²) < 4.78 is 1.68. The summed E-state index contributed by atoms with van der Waals surface area (Å²) in [5.74, 6) is -0.0836. The van der Waals surface area contributed by atoms with Crippen LogP contribution in [0.4, 0.5) is 5.69 Å². The van der Waals surface area contributed by atoms with Gasteiger partial charge in [-0.05, 0) is 75.8 Å². The van der Waals surface area contributed by atoms with Gasteiger partial charge in [0.05, 0.1) is 9.59 Å². The number of benzene rings is 1. The zero-order valence-electron chi connectivity index (χ0n) is 21.4. The predicted octanol–water partition coefficient (Wildman–Crippen LogP) is 5.07. The highest BCUT2D eigenvalue weighted by Crippen LogP contribution is 2.27. The average Bonchev–Trinajstić information content (AvgIpc) is 2.76. The first kappa shape index (κ1) is 28.1. The van der Waals surface area contributed by atoms with Crippen LogP contribution < -0.4 is 15.8 Å². The average molecular weight is 580 g/mol. The Labute approximate surface area is 217 Å². The molecule has 0 saturated heterocycles. The summed E-state index contributed by atoms with van der Waals surface area (Å²) in [5, 5.41) is 2.91. The van der Waals surface area contributed by atoms with Gasteiger partial charge in [0.2, 0.25) is 0 Å². The van der Waals surface area contributed by atoms with Gasteiger partial charge in [-0.15, -0.1) is 0 Å². The van der Waals surface area contributed by atoms with E-state index in [1.165, 1.54) is 6.92 Å². The number of pyridine rings is 1. The predicted molar refractivity (Wildman–Crippen MR) is 148 cm³/mol. The first-order valence-electron chi connectivity index (χ1n) is 11.8. The lowest BCUT2D eigenvalue weighted by Gasteiger charge is -2.32. The largest absolute Gasteiger partial charge is 0.361 e. The van der Waals surface area contributed by atoms with Crippen LogP contribution in [-0.4, -0.2) is 32.9 Å². The zero-order valence-corrected chi connectivity index (χ0v) is 23.5. The van der Waals surface area contributed by atoms with Crippen LogP contribution in [0.5, 0.6) is 0 Å². The van der Waals surface area contributed by atoms with E-state index < -0.39 is 6.04 Å². The Kier molecular flexibility index (Phi) is 9.91. The summed E-state index contributed by atoms with van der Waals surface area (Å²) >= 11 is 2.37. The molecule has 0 saturated carbocycles. The van der Waals surface area contributed by atoms with Crippen LogP contribution in [0.3, 0.4) is 0 Å². The van der Waals surface area contributed by atoms with Crippen molar-refractivity contribution in [3.05, 3.63) is 64.1 Å². The number of anilines is 1. The van der Waals surface area contributed by atoms with Crippen LogP contribution in [0.1, 0.15) is 63.9 Å². The minimum atomic E-state index is -0.607. The van der Waals surface area contributed by atoms with Crippen molar-refractivity contribution in [2.24, 2.45) is 11.8 Å². The van der Waals surface area contributed by atoms with E-state index in [4.69, 9.17) is 0 Å². The van der Waals surface area contributed by atoms with Crippen LogP contribution in [0, 0.1) is 11.8 Å². The van der Waals surface area contributed by atoms with Gasteiger partial charge >= 0.3 is 0 Å². The van der Waals surface area contributed by atoms with E-state index in [9.17, 15) is 14.4 Å². The van der Waals surface area contributed by atoms with Gasteiger partial charge in [0.1, 0.15) is 0 Å². The molecule has 0 bridgehead atoms. The van der Waals surface area contributed by atoms with Gasteiger partial charge in [-0.2, -0.15) is 0 Å². The highest BCUT2D eigenvalue weighted by molar-refractivity contribution is 14.1. The maximum Gasteiger partial charge on any atom is 0.253 e. The van der Waals surface area contributed by atoms with Gasteiger partial charge in [0, 0.05) is 36.6 Å². The first-order valence-corrected chi connectivity index (χ1v) is 12.9. The van der Waals surface area contributed by atoms with E-state index in [1.54, 1.807) is 16.7 Å². The number of ketones is 1. The molecule has 1 aromatic carbocycles. The summed E-state index contributed by atoms with van der Waals surface area (Å²) in [5.41, 5.74) is 2.29. The number of halogens is 1. The van der Waals surface area contributed by atoms with Crippen molar-refractivity contribution in [1.29, 1.82) is 0 Å². The van der Waals surface area contributed by atoms with Crippen LogP contribution >= 0.6 is 22.6 Å². The molecule has 1 N–H and O–H groups in total. The van der Waals surface area contributed by atoms with Crippen LogP contribution in [0.25, 0.3) is 0 Å². The Morgan fingerprint density at radius 1 is 1.12 bits per heavy atom. The van der Waals surface area contributed by atoms with Gasteiger partial charge in [0.15, 0.2) is 5.78 Å². The van der Waals surface area contributed by atoms with E-state index in [0.717, 1.165) is 11.3 Å². The second-order valence-electron chi connectivity index (χ2n) is 9.98. The fourth-order valence-electron chi connectivity index (χ4n) is 3.88. The molecule has 0 aliphatic rings. The Morgan fingerprint density at radius 2 is 1.74 bits per heavy atom. The second kappa shape index (κ2) is 12.0. The molecule has 0 fully saturated rings. The summed E-state index contributed by atoms with van der Waals surface area (Å²) in [6.07, 6.45) is 3.00. The summed E-state index contributed by atoms with van der Waals surface area (Å²) in [7, 11) is 2.01. The molecule has 0 spiro atoms. The fourth-order valence-corrected chi connectivity index (χ4v) is 4.15. The molecule has 34 heavy (non-hydrogen) atoms. The molecule has 1 amide bonds. The van der Waals surface area contributed by atoms with Crippen molar-refractivity contribution < 1.29 is 9.59 Å². The number of hydrogen-bond donors (Lipinski definition) is 1. The number of rotatable bonds is 11. The van der Waals surface area contributed by atoms with Crippen molar-refractivity contribution in [3.63, 3.8) is 0 Å². The lowest BCUT2D eigenvalue weighted by molar-refractivity contribution is -0.119. The van der Waals surface area contributed by atoms with E-state index in [0.29, 0.717) is 30.9 Å². The molecular formula is C27H38IN3O3. The third kappa shape index (κ3) is 7.68. The van der Waals surface area contributed by atoms with Crippen LogP contribution in [0.2, 0.25) is 0 Å². The lowest BCUT2D eigenvalue weighted by Crippen LogP contribution is -2.44. The van der Waals surface area contributed by atoms with Crippen molar-refractivity contribution in [1.82, 2.24) is 9.88 Å². The lowest BCUT2D eigenvalue weighted by atomic mass is 9.92. The van der Waals surface area contributed by atoms with Crippen molar-refractivity contribution in [2.75, 3.05) is 11.9 Å². The number of amides is 1. The molecular weight excluding hydrogens is 541 g/mol. The minimum Gasteiger partial charge on any atom is -0.361 e. The maximum atomic E-state index is 12.9. The smallest absolute Gasteiger partial charge is 0.253 e. The molecule has 1 heterocycles. The Balaban J connectivity index is 2.07. The van der Waals surface area contributed by atoms with Crippen molar-refractivity contribution >= 4 is 40.0 Å². The third-order valence-electron chi connectivity index (χ3n) is 6.14. The Bertz CT molecular complexity index is 1040. The monoisotopic (exact) mass is 579 g/mol. The number of hydrogen-bond acceptors (Lipinski definition) is 4. The molecule has 6 nitrogen and oxygen atoms in total. The second-order valence-corrected chi connectivity index (χ2v) is 12.6. The van der Waals surface area contributed by atoms with Gasteiger partial charge in [-0.25, -0.2) is 0 Å². The maximum absolute atomic E-state index is 12.9. The van der Waals surface area contributed by atoms with Gasteiger partial charge in [0.25, 0.3) is 11.5 Å². The molecule has 0 aliphatic heterocycles. The fraction of sp³-hybridized carbons (Fsp3) is 0.519. The van der Waals surface area contributed by atoms with Gasteiger partial charge in [-0.3, -0.25) is 14.4 Å². The number of nitrogens with one attached hydrogen (secondary N) is 1. The van der Waals surface area contributed by atoms with E-state index >= 15 is 0 Å². The molecule has 1 aromatic heterocycles. The molecule has 2 rings (SSSR count). The number of aromatic nitrogens is 1. The summed E-state index contributed by atoms with van der Waals surface area (Å²) in [6, 6.07) is 10.5. The van der Waals surface area contributed by atoms with E-state index in [2.05, 4.69) is 60.5 Å². The van der Waals surface area contributed by atoms with Crippen LogP contribution in [-0.2, 0) is 17.8 Å². The minimum absolute atomic E-state index is 0.0200. The number of carbonyl (C=O) groups is 2. The van der Waals surface area contributed by atoms with Gasteiger partial charge in [-0.1, -0.05) is 49.4 Å². The van der Waals surface area contributed by atoms with Crippen LogP contribution in [0.15, 0.2) is 47.4 Å². The normalized spacial score (nSPS) is 13.4. The standard InChI is InChI=1S/C27H38IN3O3/c1-18(2)17-31-16-8-9-22(26(31)34)11-10-19(3)24(20(4)32)29-25(33)21-12-14-23(15-13-21)30(7)27(5,6)28/h8-9,12-16,18-19,24H,10-11,17H2,1-7H3,(H,29,33)/t19?,24-/m0/s1. The zero-order chi connectivity index (χ0) is 25.6. The number of Topliss-reactive ketones (excluding diaryl/α,β-unsaturated/α-hetero) is 1. The van der Waals surface area contributed by atoms with E-state index in [1.807, 2.05) is 44.4 Å². The highest BCUT2D eigenvalue weighted by Gasteiger charge is 2.25. The van der Waals surface area contributed by atoms with E-state index in [-0.39, 0.29) is 26.7 Å². The molecule has 0 aliphatic carbocycles. The summed E-state index contributed by atoms with van der Waals surface area (Å²) in [4.78, 5) is 40.1. The van der Waals surface area contributed by atoms with Gasteiger partial charge < -0.3 is 14.8 Å². The molecule has 0 radical (unpaired) electrons. The Hall–Kier alpha value is -2.16. The number of alkyl halides is 1. The Morgan fingerprint density at radius 3 is 2.26 bits per heavy atom. The summed E-state index contributed by atoms with van der Waals surface area (Å²) in [6.45, 7) is 12.5. The number of nitrogens with zero attached hydrogens (tertiary/aromatic N) is 2. The molecule has 2 atom stereocenters. The third-order valence-corrected chi connectivity index (χ3v) is 6.86. The molecule has 186 valence electrons. The number of carbonyl (C=O) groups excluding carboxylic acids is 2. The SMILES string of the molecule is CC(=O)[C@@H](NC(=O)c1ccc(N(C)C(C)(C)I)cc1)C(C)CCc1cccn(CC(C)C)c1=O. The molecule has 7 heteroatoms.